The lowest BCUT2D eigenvalue weighted by Crippen LogP contribution is -2.42. The number of hydrogen-bond donors (Lipinski definition) is 2. The zero-order chi connectivity index (χ0) is 18.2. The SMILES string of the molecule is CN=C(NCc1ccsc1)NCC(c1cccc(OC)c1)N1CCCC1.I. The van der Waals surface area contributed by atoms with Gasteiger partial charge in [0, 0.05) is 20.1 Å². The highest BCUT2D eigenvalue weighted by Gasteiger charge is 2.24. The Hall–Kier alpha value is -1.32. The summed E-state index contributed by atoms with van der Waals surface area (Å²) in [5.41, 5.74) is 2.56. The van der Waals surface area contributed by atoms with Crippen LogP contribution in [0.3, 0.4) is 0 Å². The zero-order valence-electron chi connectivity index (χ0n) is 16.0. The Kier molecular flexibility index (Phi) is 9.36. The number of aliphatic imine (C=N–C) groups is 1. The van der Waals surface area contributed by atoms with Crippen LogP contribution in [-0.4, -0.2) is 44.7 Å². The highest BCUT2D eigenvalue weighted by molar-refractivity contribution is 14.0. The molecule has 148 valence electrons. The van der Waals surface area contributed by atoms with Crippen molar-refractivity contribution in [2.24, 2.45) is 4.99 Å². The van der Waals surface area contributed by atoms with Crippen molar-refractivity contribution < 1.29 is 4.74 Å². The Morgan fingerprint density at radius 1 is 1.26 bits per heavy atom. The summed E-state index contributed by atoms with van der Waals surface area (Å²) in [7, 11) is 3.54. The summed E-state index contributed by atoms with van der Waals surface area (Å²) in [5, 5.41) is 11.2. The number of methoxy groups -OCH3 is 1. The van der Waals surface area contributed by atoms with Gasteiger partial charge in [-0.15, -0.1) is 24.0 Å². The maximum Gasteiger partial charge on any atom is 0.191 e. The van der Waals surface area contributed by atoms with Crippen molar-refractivity contribution in [2.45, 2.75) is 25.4 Å². The van der Waals surface area contributed by atoms with Gasteiger partial charge in [-0.05, 0) is 66.0 Å². The molecule has 1 aromatic heterocycles. The third-order valence-corrected chi connectivity index (χ3v) is 5.52. The maximum atomic E-state index is 5.42. The Bertz CT molecular complexity index is 702. The van der Waals surface area contributed by atoms with Crippen molar-refractivity contribution in [3.05, 3.63) is 52.2 Å². The summed E-state index contributed by atoms with van der Waals surface area (Å²) >= 11 is 1.72. The van der Waals surface area contributed by atoms with E-state index in [1.807, 2.05) is 13.1 Å². The van der Waals surface area contributed by atoms with E-state index in [-0.39, 0.29) is 24.0 Å². The first-order valence-corrected chi connectivity index (χ1v) is 10.1. The Balaban J connectivity index is 0.00000261. The molecule has 1 aliphatic rings. The molecule has 1 unspecified atom stereocenters. The van der Waals surface area contributed by atoms with Crippen LogP contribution in [0.25, 0.3) is 0 Å². The van der Waals surface area contributed by atoms with Gasteiger partial charge in [-0.2, -0.15) is 11.3 Å². The summed E-state index contributed by atoms with van der Waals surface area (Å²) < 4.78 is 5.42. The van der Waals surface area contributed by atoms with E-state index in [9.17, 15) is 0 Å². The molecule has 0 radical (unpaired) electrons. The molecule has 1 atom stereocenters. The number of thiophene rings is 1. The van der Waals surface area contributed by atoms with E-state index in [2.05, 4.69) is 55.6 Å². The molecule has 1 aromatic carbocycles. The quantitative estimate of drug-likeness (QED) is 0.344. The van der Waals surface area contributed by atoms with Crippen LogP contribution in [-0.2, 0) is 6.54 Å². The molecule has 2 N–H and O–H groups in total. The van der Waals surface area contributed by atoms with Crippen LogP contribution in [0.2, 0.25) is 0 Å². The molecule has 0 spiro atoms. The topological polar surface area (TPSA) is 48.9 Å². The second-order valence-electron chi connectivity index (χ2n) is 6.47. The fourth-order valence-electron chi connectivity index (χ4n) is 3.35. The van der Waals surface area contributed by atoms with Crippen LogP contribution >= 0.6 is 35.3 Å². The lowest BCUT2D eigenvalue weighted by molar-refractivity contribution is 0.245. The average Bonchev–Trinajstić information content (AvgIpc) is 3.38. The summed E-state index contributed by atoms with van der Waals surface area (Å²) in [6, 6.07) is 10.8. The lowest BCUT2D eigenvalue weighted by atomic mass is 10.1. The molecule has 2 heterocycles. The predicted molar refractivity (Wildman–Crippen MR) is 124 cm³/mol. The average molecular weight is 500 g/mol. The van der Waals surface area contributed by atoms with Crippen molar-refractivity contribution in [1.29, 1.82) is 0 Å². The fourth-order valence-corrected chi connectivity index (χ4v) is 4.02. The van der Waals surface area contributed by atoms with Gasteiger partial charge in [-0.3, -0.25) is 9.89 Å². The number of halogens is 1. The molecule has 27 heavy (non-hydrogen) atoms. The van der Waals surface area contributed by atoms with Crippen molar-refractivity contribution in [3.63, 3.8) is 0 Å². The Morgan fingerprint density at radius 2 is 2.07 bits per heavy atom. The third kappa shape index (κ3) is 6.36. The zero-order valence-corrected chi connectivity index (χ0v) is 19.1. The van der Waals surface area contributed by atoms with E-state index in [1.54, 1.807) is 18.4 Å². The second-order valence-corrected chi connectivity index (χ2v) is 7.25. The molecule has 0 amide bonds. The van der Waals surface area contributed by atoms with Gasteiger partial charge in [-0.1, -0.05) is 12.1 Å². The normalized spacial score (nSPS) is 15.9. The van der Waals surface area contributed by atoms with Crippen molar-refractivity contribution in [3.8, 4) is 5.75 Å². The van der Waals surface area contributed by atoms with Crippen molar-refractivity contribution in [2.75, 3.05) is 33.8 Å². The van der Waals surface area contributed by atoms with Crippen molar-refractivity contribution >= 4 is 41.3 Å². The number of rotatable bonds is 7. The summed E-state index contributed by atoms with van der Waals surface area (Å²) in [5.74, 6) is 1.75. The molecule has 2 aromatic rings. The van der Waals surface area contributed by atoms with Crippen LogP contribution in [0, 0.1) is 0 Å². The Labute approximate surface area is 183 Å². The van der Waals surface area contributed by atoms with E-state index in [0.29, 0.717) is 6.04 Å². The van der Waals surface area contributed by atoms with Gasteiger partial charge in [0.05, 0.1) is 13.2 Å². The molecule has 1 aliphatic heterocycles. The number of likely N-dealkylation sites (tertiary alicyclic amines) is 1. The second kappa shape index (κ2) is 11.5. The molecule has 7 heteroatoms. The number of benzene rings is 1. The predicted octanol–water partition coefficient (Wildman–Crippen LogP) is 3.88. The number of nitrogens with one attached hydrogen (secondary N) is 2. The Morgan fingerprint density at radius 3 is 2.74 bits per heavy atom. The monoisotopic (exact) mass is 500 g/mol. The molecule has 0 aliphatic carbocycles. The molecule has 0 bridgehead atoms. The van der Waals surface area contributed by atoms with Crippen LogP contribution in [0.4, 0.5) is 0 Å². The smallest absolute Gasteiger partial charge is 0.191 e. The van der Waals surface area contributed by atoms with Gasteiger partial charge in [0.2, 0.25) is 0 Å². The number of ether oxygens (including phenoxy) is 1. The highest BCUT2D eigenvalue weighted by atomic mass is 127. The number of hydrogen-bond acceptors (Lipinski definition) is 4. The highest BCUT2D eigenvalue weighted by Crippen LogP contribution is 2.27. The van der Waals surface area contributed by atoms with Gasteiger partial charge in [0.15, 0.2) is 5.96 Å². The van der Waals surface area contributed by atoms with E-state index < -0.39 is 0 Å². The lowest BCUT2D eigenvalue weighted by Gasteiger charge is -2.29. The van der Waals surface area contributed by atoms with Gasteiger partial charge in [-0.25, -0.2) is 0 Å². The van der Waals surface area contributed by atoms with Gasteiger partial charge >= 0.3 is 0 Å². The first-order chi connectivity index (χ1) is 12.8. The van der Waals surface area contributed by atoms with Gasteiger partial charge < -0.3 is 15.4 Å². The molecule has 0 saturated carbocycles. The summed E-state index contributed by atoms with van der Waals surface area (Å²) in [6.45, 7) is 3.89. The first-order valence-electron chi connectivity index (χ1n) is 9.13. The van der Waals surface area contributed by atoms with Crippen LogP contribution in [0.15, 0.2) is 46.1 Å². The molecule has 1 saturated heterocycles. The molecular formula is C20H29IN4OS. The minimum absolute atomic E-state index is 0. The molecule has 5 nitrogen and oxygen atoms in total. The molecule has 3 rings (SSSR count). The summed E-state index contributed by atoms with van der Waals surface area (Å²) in [6.07, 6.45) is 2.54. The number of nitrogens with zero attached hydrogens (tertiary/aromatic N) is 2. The standard InChI is InChI=1S/C20H28N4OS.HI/c1-21-20(22-13-16-8-11-26-15-16)23-14-19(24-9-3-4-10-24)17-6-5-7-18(12-17)25-2;/h5-8,11-12,15,19H,3-4,9-10,13-14H2,1-2H3,(H2,21,22,23);1H. The number of guanidine groups is 1. The van der Waals surface area contributed by atoms with E-state index in [1.165, 1.54) is 24.0 Å². The maximum absolute atomic E-state index is 5.42. The summed E-state index contributed by atoms with van der Waals surface area (Å²) in [4.78, 5) is 6.92. The van der Waals surface area contributed by atoms with E-state index >= 15 is 0 Å². The van der Waals surface area contributed by atoms with Crippen molar-refractivity contribution in [1.82, 2.24) is 15.5 Å². The van der Waals surface area contributed by atoms with Crippen LogP contribution in [0.1, 0.15) is 30.0 Å². The molecule has 1 fully saturated rings. The minimum atomic E-state index is 0. The third-order valence-electron chi connectivity index (χ3n) is 4.79. The fraction of sp³-hybridized carbons (Fsp3) is 0.450. The van der Waals surface area contributed by atoms with E-state index in [0.717, 1.165) is 37.9 Å². The van der Waals surface area contributed by atoms with Crippen LogP contribution in [0.5, 0.6) is 5.75 Å². The van der Waals surface area contributed by atoms with Gasteiger partial charge in [0.1, 0.15) is 5.75 Å². The van der Waals surface area contributed by atoms with Gasteiger partial charge in [0.25, 0.3) is 0 Å². The largest absolute Gasteiger partial charge is 0.497 e. The molecular weight excluding hydrogens is 471 g/mol. The van der Waals surface area contributed by atoms with E-state index in [4.69, 9.17) is 4.74 Å². The minimum Gasteiger partial charge on any atom is -0.497 e. The van der Waals surface area contributed by atoms with Crippen LogP contribution < -0.4 is 15.4 Å². The first kappa shape index (κ1) is 22.0.